The molecule has 1 aromatic heterocycles. The van der Waals surface area contributed by atoms with Gasteiger partial charge in [-0.2, -0.15) is 0 Å². The maximum atomic E-state index is 12.9. The highest BCUT2D eigenvalue weighted by molar-refractivity contribution is 7.99. The lowest BCUT2D eigenvalue weighted by Crippen LogP contribution is -2.31. The monoisotopic (exact) mass is 442 g/mol. The van der Waals surface area contributed by atoms with Crippen molar-refractivity contribution in [2.24, 2.45) is 0 Å². The molecule has 8 heteroatoms. The Morgan fingerprint density at radius 3 is 2.77 bits per heavy atom. The Morgan fingerprint density at radius 1 is 1.29 bits per heavy atom. The van der Waals surface area contributed by atoms with Gasteiger partial charge in [0.1, 0.15) is 5.75 Å². The van der Waals surface area contributed by atoms with Crippen molar-refractivity contribution in [3.05, 3.63) is 36.0 Å². The van der Waals surface area contributed by atoms with Gasteiger partial charge in [0.2, 0.25) is 5.91 Å². The van der Waals surface area contributed by atoms with Gasteiger partial charge in [-0.15, -0.1) is 10.2 Å². The highest BCUT2D eigenvalue weighted by atomic mass is 32.2. The van der Waals surface area contributed by atoms with Crippen LogP contribution in [-0.2, 0) is 16.1 Å². The SMILES string of the molecule is CCN(C(=O)CSc1nnc(-c2ccc(OC)cc2)n1CC1CCCO1)C1=CCCC1. The third kappa shape index (κ3) is 5.13. The van der Waals surface area contributed by atoms with E-state index in [1.54, 1.807) is 7.11 Å². The Kier molecular flexibility index (Phi) is 7.29. The van der Waals surface area contributed by atoms with Crippen LogP contribution in [0.15, 0.2) is 41.2 Å². The van der Waals surface area contributed by atoms with Gasteiger partial charge in [-0.1, -0.05) is 17.8 Å². The average Bonchev–Trinajstić information content (AvgIpc) is 3.56. The van der Waals surface area contributed by atoms with Crippen molar-refractivity contribution in [2.45, 2.75) is 56.8 Å². The molecule has 1 atom stereocenters. The minimum atomic E-state index is 0.123. The Hall–Kier alpha value is -2.32. The number of allylic oxidation sites excluding steroid dienone is 2. The molecule has 0 spiro atoms. The molecule has 4 rings (SSSR count). The largest absolute Gasteiger partial charge is 0.497 e. The molecule has 0 radical (unpaired) electrons. The molecule has 31 heavy (non-hydrogen) atoms. The fourth-order valence-electron chi connectivity index (χ4n) is 4.15. The summed E-state index contributed by atoms with van der Waals surface area (Å²) in [7, 11) is 1.65. The van der Waals surface area contributed by atoms with Gasteiger partial charge in [0, 0.05) is 24.4 Å². The predicted molar refractivity (Wildman–Crippen MR) is 121 cm³/mol. The van der Waals surface area contributed by atoms with Gasteiger partial charge in [0.05, 0.1) is 25.5 Å². The smallest absolute Gasteiger partial charge is 0.237 e. The third-order valence-corrected chi connectivity index (χ3v) is 6.73. The van der Waals surface area contributed by atoms with Gasteiger partial charge in [-0.05, 0) is 63.3 Å². The van der Waals surface area contributed by atoms with Crippen molar-refractivity contribution in [2.75, 3.05) is 26.0 Å². The molecule has 0 N–H and O–H groups in total. The van der Waals surface area contributed by atoms with E-state index in [0.717, 1.165) is 66.7 Å². The summed E-state index contributed by atoms with van der Waals surface area (Å²) in [4.78, 5) is 14.8. The lowest BCUT2D eigenvalue weighted by atomic mass is 10.2. The molecule has 1 fully saturated rings. The molecule has 1 aliphatic carbocycles. The minimum Gasteiger partial charge on any atom is -0.497 e. The van der Waals surface area contributed by atoms with Crippen molar-refractivity contribution in [1.82, 2.24) is 19.7 Å². The maximum Gasteiger partial charge on any atom is 0.237 e. The zero-order chi connectivity index (χ0) is 21.6. The van der Waals surface area contributed by atoms with E-state index in [1.165, 1.54) is 11.8 Å². The number of carbonyl (C=O) groups excluding carboxylic acids is 1. The topological polar surface area (TPSA) is 69.5 Å². The zero-order valence-electron chi connectivity index (χ0n) is 18.2. The number of nitrogens with zero attached hydrogens (tertiary/aromatic N) is 4. The summed E-state index contributed by atoms with van der Waals surface area (Å²) >= 11 is 1.45. The number of rotatable bonds is 9. The first-order valence-corrected chi connectivity index (χ1v) is 12.0. The Morgan fingerprint density at radius 2 is 2.13 bits per heavy atom. The Balaban J connectivity index is 1.53. The lowest BCUT2D eigenvalue weighted by molar-refractivity contribution is -0.126. The second-order valence-corrected chi connectivity index (χ2v) is 8.74. The van der Waals surface area contributed by atoms with Crippen LogP contribution in [0.3, 0.4) is 0 Å². The van der Waals surface area contributed by atoms with Gasteiger partial charge in [0.25, 0.3) is 0 Å². The first-order chi connectivity index (χ1) is 15.2. The second-order valence-electron chi connectivity index (χ2n) is 7.79. The first-order valence-electron chi connectivity index (χ1n) is 11.0. The minimum absolute atomic E-state index is 0.123. The number of benzene rings is 1. The molecule has 2 aromatic rings. The number of hydrogen-bond acceptors (Lipinski definition) is 6. The van der Waals surface area contributed by atoms with Crippen LogP contribution in [-0.4, -0.2) is 57.7 Å². The second kappa shape index (κ2) is 10.3. The first kappa shape index (κ1) is 21.9. The van der Waals surface area contributed by atoms with E-state index < -0.39 is 0 Å². The van der Waals surface area contributed by atoms with Crippen LogP contribution in [0.1, 0.15) is 39.0 Å². The normalized spacial score (nSPS) is 18.3. The number of amides is 1. The summed E-state index contributed by atoms with van der Waals surface area (Å²) in [5, 5.41) is 9.66. The highest BCUT2D eigenvalue weighted by Gasteiger charge is 2.24. The van der Waals surface area contributed by atoms with Crippen molar-refractivity contribution in [1.29, 1.82) is 0 Å². The number of hydrogen-bond donors (Lipinski definition) is 0. The summed E-state index contributed by atoms with van der Waals surface area (Å²) in [6, 6.07) is 7.82. The summed E-state index contributed by atoms with van der Waals surface area (Å²) in [6.45, 7) is 4.22. The van der Waals surface area contributed by atoms with Crippen LogP contribution in [0.4, 0.5) is 0 Å². The van der Waals surface area contributed by atoms with Gasteiger partial charge in [0.15, 0.2) is 11.0 Å². The molecule has 0 bridgehead atoms. The Bertz CT molecular complexity index is 919. The molecule has 1 saturated heterocycles. The molecule has 1 aromatic carbocycles. The van der Waals surface area contributed by atoms with Crippen LogP contribution in [0.2, 0.25) is 0 Å². The summed E-state index contributed by atoms with van der Waals surface area (Å²) < 4.78 is 13.2. The van der Waals surface area contributed by atoms with Crippen LogP contribution in [0.25, 0.3) is 11.4 Å². The average molecular weight is 443 g/mol. The van der Waals surface area contributed by atoms with Crippen molar-refractivity contribution >= 4 is 17.7 Å². The quantitative estimate of drug-likeness (QED) is 0.544. The molecule has 2 heterocycles. The molecule has 166 valence electrons. The molecular weight excluding hydrogens is 412 g/mol. The highest BCUT2D eigenvalue weighted by Crippen LogP contribution is 2.29. The Labute approximate surface area is 187 Å². The number of aromatic nitrogens is 3. The van der Waals surface area contributed by atoms with Gasteiger partial charge in [-0.3, -0.25) is 9.36 Å². The van der Waals surface area contributed by atoms with Crippen LogP contribution < -0.4 is 4.74 Å². The predicted octanol–water partition coefficient (Wildman–Crippen LogP) is 4.14. The van der Waals surface area contributed by atoms with Crippen molar-refractivity contribution in [3.8, 4) is 17.1 Å². The van der Waals surface area contributed by atoms with E-state index in [0.29, 0.717) is 18.8 Å². The van der Waals surface area contributed by atoms with E-state index >= 15 is 0 Å². The number of methoxy groups -OCH3 is 1. The number of ether oxygens (including phenoxy) is 2. The summed E-state index contributed by atoms with van der Waals surface area (Å²) in [6.07, 6.45) is 7.63. The van der Waals surface area contributed by atoms with Gasteiger partial charge >= 0.3 is 0 Å². The molecule has 2 aliphatic rings. The molecule has 1 unspecified atom stereocenters. The van der Waals surface area contributed by atoms with E-state index in [9.17, 15) is 4.79 Å². The summed E-state index contributed by atoms with van der Waals surface area (Å²) in [5.41, 5.74) is 2.13. The van der Waals surface area contributed by atoms with Crippen LogP contribution in [0.5, 0.6) is 5.75 Å². The van der Waals surface area contributed by atoms with Gasteiger partial charge < -0.3 is 14.4 Å². The fourth-order valence-corrected chi connectivity index (χ4v) is 4.97. The van der Waals surface area contributed by atoms with E-state index in [4.69, 9.17) is 9.47 Å². The molecule has 0 saturated carbocycles. The fraction of sp³-hybridized carbons (Fsp3) is 0.522. The van der Waals surface area contributed by atoms with E-state index in [2.05, 4.69) is 20.8 Å². The summed E-state index contributed by atoms with van der Waals surface area (Å²) in [5.74, 6) is 2.06. The van der Waals surface area contributed by atoms with Crippen molar-refractivity contribution < 1.29 is 14.3 Å². The molecule has 1 amide bonds. The van der Waals surface area contributed by atoms with E-state index in [-0.39, 0.29) is 12.0 Å². The number of thioether (sulfide) groups is 1. The maximum absolute atomic E-state index is 12.9. The van der Waals surface area contributed by atoms with Crippen molar-refractivity contribution in [3.63, 3.8) is 0 Å². The zero-order valence-corrected chi connectivity index (χ0v) is 19.1. The lowest BCUT2D eigenvalue weighted by Gasteiger charge is -2.22. The standard InChI is InChI=1S/C23H30N4O3S/c1-3-26(18-7-4-5-8-18)21(28)16-31-23-25-24-22(17-10-12-19(29-2)13-11-17)27(23)15-20-9-6-14-30-20/h7,10-13,20H,3-6,8-9,14-16H2,1-2H3. The third-order valence-electron chi connectivity index (χ3n) is 5.78. The van der Waals surface area contributed by atoms with Gasteiger partial charge in [-0.25, -0.2) is 0 Å². The molecular formula is C23H30N4O3S. The number of carbonyl (C=O) groups is 1. The molecule has 1 aliphatic heterocycles. The molecule has 7 nitrogen and oxygen atoms in total. The van der Waals surface area contributed by atoms with Crippen LogP contribution in [0, 0.1) is 0 Å². The van der Waals surface area contributed by atoms with Crippen LogP contribution >= 0.6 is 11.8 Å². The van der Waals surface area contributed by atoms with E-state index in [1.807, 2.05) is 36.1 Å².